The average Bonchev–Trinajstić information content (AvgIpc) is 2.31. The van der Waals surface area contributed by atoms with Gasteiger partial charge < -0.3 is 0 Å². The maximum atomic E-state index is 2.38. The van der Waals surface area contributed by atoms with Crippen molar-refractivity contribution >= 4 is 11.3 Å². The van der Waals surface area contributed by atoms with Crippen molar-refractivity contribution < 1.29 is 0 Å². The third-order valence-corrected chi connectivity index (χ3v) is 3.66. The second-order valence-corrected chi connectivity index (χ2v) is 4.87. The van der Waals surface area contributed by atoms with E-state index >= 15 is 0 Å². The molecule has 60 valence electrons. The molecule has 1 heterocycles. The van der Waals surface area contributed by atoms with Gasteiger partial charge >= 0.3 is 0 Å². The van der Waals surface area contributed by atoms with Crippen molar-refractivity contribution in [3.63, 3.8) is 0 Å². The first-order valence-electron chi connectivity index (χ1n) is 4.36. The van der Waals surface area contributed by atoms with Gasteiger partial charge in [-0.05, 0) is 43.7 Å². The van der Waals surface area contributed by atoms with Crippen LogP contribution in [-0.2, 0) is 6.42 Å². The van der Waals surface area contributed by atoms with Gasteiger partial charge in [0.25, 0.3) is 0 Å². The highest BCUT2D eigenvalue weighted by molar-refractivity contribution is 7.12. The fraction of sp³-hybridized carbons (Fsp3) is 0.600. The summed E-state index contributed by atoms with van der Waals surface area (Å²) in [5, 5.41) is 0. The van der Waals surface area contributed by atoms with Crippen LogP contribution >= 0.6 is 11.3 Å². The monoisotopic (exact) mass is 166 g/mol. The Hall–Kier alpha value is -0.300. The Kier molecular flexibility index (Phi) is 1.76. The minimum absolute atomic E-state index is 0.823. The summed E-state index contributed by atoms with van der Waals surface area (Å²) in [4.78, 5) is 3.14. The normalized spacial score (nSPS) is 23.3. The van der Waals surface area contributed by atoms with E-state index in [0.717, 1.165) is 5.92 Å². The molecule has 1 aliphatic carbocycles. The van der Waals surface area contributed by atoms with Gasteiger partial charge in [-0.15, -0.1) is 11.3 Å². The minimum Gasteiger partial charge on any atom is -0.145 e. The fourth-order valence-corrected chi connectivity index (χ4v) is 3.12. The smallest absolute Gasteiger partial charge is 0.00827 e. The van der Waals surface area contributed by atoms with Crippen LogP contribution in [0.4, 0.5) is 0 Å². The van der Waals surface area contributed by atoms with E-state index in [2.05, 4.69) is 19.9 Å². The van der Waals surface area contributed by atoms with Crippen LogP contribution in [0.2, 0.25) is 0 Å². The predicted octanol–water partition coefficient (Wildman–Crippen LogP) is 3.50. The third kappa shape index (κ3) is 1.22. The molecule has 1 aliphatic rings. The van der Waals surface area contributed by atoms with Crippen molar-refractivity contribution in [2.75, 3.05) is 0 Å². The topological polar surface area (TPSA) is 0 Å². The lowest BCUT2D eigenvalue weighted by atomic mass is 9.89. The zero-order chi connectivity index (χ0) is 7.84. The summed E-state index contributed by atoms with van der Waals surface area (Å²) in [7, 11) is 0. The number of rotatable bonds is 0. The maximum absolute atomic E-state index is 2.38. The van der Waals surface area contributed by atoms with E-state index in [1.54, 1.807) is 10.4 Å². The first kappa shape index (κ1) is 7.35. The highest BCUT2D eigenvalue weighted by atomic mass is 32.1. The molecule has 0 fully saturated rings. The first-order chi connectivity index (χ1) is 5.27. The van der Waals surface area contributed by atoms with Crippen molar-refractivity contribution in [1.82, 2.24) is 0 Å². The maximum Gasteiger partial charge on any atom is 0.00827 e. The SMILES string of the molecule is Cc1cc2c(s1)CCCC2C. The number of aryl methyl sites for hydroxylation is 2. The van der Waals surface area contributed by atoms with Gasteiger partial charge in [-0.1, -0.05) is 6.92 Å². The largest absolute Gasteiger partial charge is 0.145 e. The quantitative estimate of drug-likeness (QED) is 0.553. The van der Waals surface area contributed by atoms with E-state index in [-0.39, 0.29) is 0 Å². The molecule has 0 radical (unpaired) electrons. The molecular formula is C10H14S. The summed E-state index contributed by atoms with van der Waals surface area (Å²) in [6, 6.07) is 2.38. The predicted molar refractivity (Wildman–Crippen MR) is 50.4 cm³/mol. The summed E-state index contributed by atoms with van der Waals surface area (Å²) < 4.78 is 0. The second-order valence-electron chi connectivity index (χ2n) is 3.53. The van der Waals surface area contributed by atoms with E-state index in [1.807, 2.05) is 11.3 Å². The minimum atomic E-state index is 0.823. The highest BCUT2D eigenvalue weighted by Gasteiger charge is 2.17. The van der Waals surface area contributed by atoms with Crippen LogP contribution in [-0.4, -0.2) is 0 Å². The number of hydrogen-bond donors (Lipinski definition) is 0. The summed E-state index contributed by atoms with van der Waals surface area (Å²) in [6.07, 6.45) is 4.12. The molecular weight excluding hydrogens is 152 g/mol. The van der Waals surface area contributed by atoms with E-state index < -0.39 is 0 Å². The number of fused-ring (bicyclic) bond motifs is 1. The number of thiophene rings is 1. The van der Waals surface area contributed by atoms with Gasteiger partial charge in [0.2, 0.25) is 0 Å². The van der Waals surface area contributed by atoms with Gasteiger partial charge in [-0.3, -0.25) is 0 Å². The van der Waals surface area contributed by atoms with Crippen LogP contribution in [0.25, 0.3) is 0 Å². The molecule has 0 aliphatic heterocycles. The van der Waals surface area contributed by atoms with Crippen molar-refractivity contribution in [3.8, 4) is 0 Å². The summed E-state index contributed by atoms with van der Waals surface area (Å²) in [6.45, 7) is 4.57. The van der Waals surface area contributed by atoms with Gasteiger partial charge in [-0.2, -0.15) is 0 Å². The number of hydrogen-bond acceptors (Lipinski definition) is 1. The Bertz CT molecular complexity index is 260. The van der Waals surface area contributed by atoms with Crippen molar-refractivity contribution in [2.45, 2.75) is 39.0 Å². The molecule has 2 rings (SSSR count). The standard InChI is InChI=1S/C10H14S/c1-7-4-3-5-10-9(7)6-8(2)11-10/h6-7H,3-5H2,1-2H3. The molecule has 1 unspecified atom stereocenters. The Balaban J connectivity index is 2.43. The third-order valence-electron chi connectivity index (χ3n) is 2.54. The molecule has 0 amide bonds. The van der Waals surface area contributed by atoms with E-state index in [0.29, 0.717) is 0 Å². The van der Waals surface area contributed by atoms with Crippen molar-refractivity contribution in [2.24, 2.45) is 0 Å². The summed E-state index contributed by atoms with van der Waals surface area (Å²) >= 11 is 1.99. The van der Waals surface area contributed by atoms with Crippen LogP contribution in [0.15, 0.2) is 6.07 Å². The van der Waals surface area contributed by atoms with Crippen molar-refractivity contribution in [3.05, 3.63) is 21.4 Å². The summed E-state index contributed by atoms with van der Waals surface area (Å²) in [5.74, 6) is 0.823. The zero-order valence-corrected chi connectivity index (χ0v) is 8.00. The Morgan fingerprint density at radius 3 is 3.09 bits per heavy atom. The van der Waals surface area contributed by atoms with Crippen LogP contribution in [0.5, 0.6) is 0 Å². The van der Waals surface area contributed by atoms with Gasteiger partial charge in [0.15, 0.2) is 0 Å². The van der Waals surface area contributed by atoms with E-state index in [9.17, 15) is 0 Å². The fourth-order valence-electron chi connectivity index (χ4n) is 1.92. The van der Waals surface area contributed by atoms with Crippen LogP contribution < -0.4 is 0 Å². The van der Waals surface area contributed by atoms with Gasteiger partial charge in [0.05, 0.1) is 0 Å². The molecule has 0 bridgehead atoms. The molecule has 0 N–H and O–H groups in total. The molecule has 0 spiro atoms. The second kappa shape index (κ2) is 2.63. The average molecular weight is 166 g/mol. The zero-order valence-electron chi connectivity index (χ0n) is 7.18. The Morgan fingerprint density at radius 2 is 2.36 bits per heavy atom. The Morgan fingerprint density at radius 1 is 1.55 bits per heavy atom. The molecule has 1 heteroatoms. The molecule has 11 heavy (non-hydrogen) atoms. The molecule has 1 aromatic heterocycles. The molecule has 0 nitrogen and oxygen atoms in total. The molecule has 1 atom stereocenters. The van der Waals surface area contributed by atoms with Crippen LogP contribution in [0.1, 0.15) is 41.0 Å². The van der Waals surface area contributed by atoms with Gasteiger partial charge in [0, 0.05) is 9.75 Å². The van der Waals surface area contributed by atoms with Crippen LogP contribution in [0, 0.1) is 6.92 Å². The lowest BCUT2D eigenvalue weighted by Gasteiger charge is -2.17. The van der Waals surface area contributed by atoms with E-state index in [4.69, 9.17) is 0 Å². The molecule has 0 saturated heterocycles. The molecule has 0 aromatic carbocycles. The highest BCUT2D eigenvalue weighted by Crippen LogP contribution is 2.36. The van der Waals surface area contributed by atoms with E-state index in [1.165, 1.54) is 24.1 Å². The first-order valence-corrected chi connectivity index (χ1v) is 5.18. The molecule has 0 saturated carbocycles. The molecule has 1 aromatic rings. The van der Waals surface area contributed by atoms with Crippen molar-refractivity contribution in [1.29, 1.82) is 0 Å². The van der Waals surface area contributed by atoms with Gasteiger partial charge in [0.1, 0.15) is 0 Å². The lowest BCUT2D eigenvalue weighted by molar-refractivity contribution is 0.598. The van der Waals surface area contributed by atoms with Crippen LogP contribution in [0.3, 0.4) is 0 Å². The Labute approximate surface area is 72.3 Å². The lowest BCUT2D eigenvalue weighted by Crippen LogP contribution is -2.02. The summed E-state index contributed by atoms with van der Waals surface area (Å²) in [5.41, 5.74) is 1.64. The van der Waals surface area contributed by atoms with Gasteiger partial charge in [-0.25, -0.2) is 0 Å².